The van der Waals surface area contributed by atoms with Crippen molar-refractivity contribution in [2.24, 2.45) is 5.92 Å². The topological polar surface area (TPSA) is 29.5 Å². The Morgan fingerprint density at radius 2 is 2.26 bits per heavy atom. The van der Waals surface area contributed by atoms with Crippen molar-refractivity contribution in [3.63, 3.8) is 0 Å². The first-order valence-corrected chi connectivity index (χ1v) is 9.17. The summed E-state index contributed by atoms with van der Waals surface area (Å²) in [7, 11) is 0. The lowest BCUT2D eigenvalue weighted by Crippen LogP contribution is -2.44. The Kier molecular flexibility index (Phi) is 3.82. The molecule has 120 valence electrons. The maximum absolute atomic E-state index is 13.0. The molecular formula is C18H18ClNO2S. The van der Waals surface area contributed by atoms with Gasteiger partial charge in [0, 0.05) is 16.4 Å². The Hall–Kier alpha value is -1.52. The van der Waals surface area contributed by atoms with Gasteiger partial charge in [-0.25, -0.2) is 0 Å². The summed E-state index contributed by atoms with van der Waals surface area (Å²) in [4.78, 5) is 16.4. The van der Waals surface area contributed by atoms with Gasteiger partial charge in [-0.3, -0.25) is 4.79 Å². The molecule has 23 heavy (non-hydrogen) atoms. The predicted molar refractivity (Wildman–Crippen MR) is 92.3 cm³/mol. The van der Waals surface area contributed by atoms with Crippen LogP contribution in [0.1, 0.15) is 29.0 Å². The van der Waals surface area contributed by atoms with Crippen molar-refractivity contribution in [2.45, 2.75) is 25.8 Å². The molecule has 0 unspecified atom stereocenters. The van der Waals surface area contributed by atoms with Gasteiger partial charge in [0.2, 0.25) is 5.91 Å². The van der Waals surface area contributed by atoms with E-state index in [1.807, 2.05) is 23.1 Å². The van der Waals surface area contributed by atoms with Gasteiger partial charge in [0.1, 0.15) is 12.4 Å². The first-order chi connectivity index (χ1) is 11.1. The molecule has 2 aliphatic rings. The van der Waals surface area contributed by atoms with E-state index in [1.165, 1.54) is 10.4 Å². The van der Waals surface area contributed by atoms with Crippen molar-refractivity contribution in [2.75, 3.05) is 13.2 Å². The average molecular weight is 348 g/mol. The molecule has 0 saturated carbocycles. The van der Waals surface area contributed by atoms with E-state index in [2.05, 4.69) is 18.4 Å². The summed E-state index contributed by atoms with van der Waals surface area (Å²) in [5.41, 5.74) is 2.33. The van der Waals surface area contributed by atoms with Crippen molar-refractivity contribution >= 4 is 28.8 Å². The quantitative estimate of drug-likeness (QED) is 0.777. The molecular weight excluding hydrogens is 330 g/mol. The molecule has 0 radical (unpaired) electrons. The number of benzene rings is 1. The lowest BCUT2D eigenvalue weighted by molar-refractivity contribution is -0.139. The van der Waals surface area contributed by atoms with Crippen molar-refractivity contribution in [1.82, 2.24) is 4.90 Å². The monoisotopic (exact) mass is 347 g/mol. The molecule has 1 amide bonds. The highest BCUT2D eigenvalue weighted by atomic mass is 35.5. The van der Waals surface area contributed by atoms with E-state index in [4.69, 9.17) is 16.3 Å². The number of ether oxygens (including phenoxy) is 1. The first-order valence-electron chi connectivity index (χ1n) is 7.91. The van der Waals surface area contributed by atoms with Gasteiger partial charge in [-0.05, 0) is 60.5 Å². The maximum atomic E-state index is 13.0. The van der Waals surface area contributed by atoms with Gasteiger partial charge < -0.3 is 9.64 Å². The molecule has 2 aromatic rings. The number of fused-ring (bicyclic) bond motifs is 2. The largest absolute Gasteiger partial charge is 0.492 e. The van der Waals surface area contributed by atoms with Gasteiger partial charge in [-0.15, -0.1) is 11.3 Å². The minimum atomic E-state index is -0.122. The zero-order valence-electron chi connectivity index (χ0n) is 12.9. The number of halogens is 1. The molecule has 0 N–H and O–H groups in total. The average Bonchev–Trinajstić information content (AvgIpc) is 3.03. The number of carbonyl (C=O) groups excluding carboxylic acids is 1. The minimum absolute atomic E-state index is 0.122. The van der Waals surface area contributed by atoms with Gasteiger partial charge in [0.05, 0.1) is 12.0 Å². The Labute approximate surface area is 144 Å². The molecule has 0 spiro atoms. The fourth-order valence-corrected chi connectivity index (χ4v) is 4.72. The number of nitrogens with zero attached hydrogens (tertiary/aromatic N) is 1. The molecule has 0 saturated heterocycles. The molecule has 2 atom stereocenters. The number of hydrogen-bond donors (Lipinski definition) is 0. The maximum Gasteiger partial charge on any atom is 0.229 e. The highest BCUT2D eigenvalue weighted by Gasteiger charge is 2.34. The van der Waals surface area contributed by atoms with Crippen LogP contribution in [0.15, 0.2) is 29.6 Å². The van der Waals surface area contributed by atoms with Crippen LogP contribution in [0, 0.1) is 5.92 Å². The van der Waals surface area contributed by atoms with Crippen LogP contribution in [0.3, 0.4) is 0 Å². The molecule has 3 heterocycles. The second-order valence-corrected chi connectivity index (χ2v) is 7.66. The first kappa shape index (κ1) is 15.0. The lowest BCUT2D eigenvalue weighted by Gasteiger charge is -2.37. The second kappa shape index (κ2) is 5.84. The number of rotatable bonds is 1. The van der Waals surface area contributed by atoms with Crippen molar-refractivity contribution in [1.29, 1.82) is 0 Å². The summed E-state index contributed by atoms with van der Waals surface area (Å²) in [6.45, 7) is 3.37. The van der Waals surface area contributed by atoms with Crippen LogP contribution in [0.2, 0.25) is 5.02 Å². The molecule has 1 aromatic carbocycles. The Morgan fingerprint density at radius 1 is 1.39 bits per heavy atom. The highest BCUT2D eigenvalue weighted by molar-refractivity contribution is 7.10. The predicted octanol–water partition coefficient (Wildman–Crippen LogP) is 4.10. The molecule has 2 aliphatic heterocycles. The van der Waals surface area contributed by atoms with Crippen LogP contribution in [-0.4, -0.2) is 24.0 Å². The lowest BCUT2D eigenvalue weighted by atomic mass is 9.93. The second-order valence-electron chi connectivity index (χ2n) is 6.22. The third-order valence-corrected chi connectivity index (χ3v) is 6.07. The zero-order valence-corrected chi connectivity index (χ0v) is 14.5. The number of thiophene rings is 1. The number of hydrogen-bond acceptors (Lipinski definition) is 3. The molecule has 4 rings (SSSR count). The zero-order chi connectivity index (χ0) is 16.0. The van der Waals surface area contributed by atoms with E-state index in [9.17, 15) is 4.79 Å². The van der Waals surface area contributed by atoms with Crippen LogP contribution >= 0.6 is 22.9 Å². The van der Waals surface area contributed by atoms with Crippen molar-refractivity contribution in [3.8, 4) is 5.75 Å². The molecule has 1 aromatic heterocycles. The summed E-state index contributed by atoms with van der Waals surface area (Å²) in [5, 5.41) is 2.81. The summed E-state index contributed by atoms with van der Waals surface area (Å²) in [6, 6.07) is 7.93. The molecule has 3 nitrogen and oxygen atoms in total. The Morgan fingerprint density at radius 3 is 3.13 bits per heavy atom. The molecule has 0 bridgehead atoms. The van der Waals surface area contributed by atoms with Crippen molar-refractivity contribution < 1.29 is 9.53 Å². The fourth-order valence-electron chi connectivity index (χ4n) is 3.57. The molecule has 5 heteroatoms. The molecule has 0 aliphatic carbocycles. The summed E-state index contributed by atoms with van der Waals surface area (Å²) < 4.78 is 5.79. The van der Waals surface area contributed by atoms with Gasteiger partial charge in [-0.2, -0.15) is 0 Å². The van der Waals surface area contributed by atoms with Crippen LogP contribution in [0.4, 0.5) is 0 Å². The normalized spacial score (nSPS) is 23.0. The van der Waals surface area contributed by atoms with E-state index >= 15 is 0 Å². The Bertz CT molecular complexity index is 757. The number of carbonyl (C=O) groups is 1. The van der Waals surface area contributed by atoms with Gasteiger partial charge in [0.25, 0.3) is 0 Å². The van der Waals surface area contributed by atoms with Gasteiger partial charge >= 0.3 is 0 Å². The Balaban J connectivity index is 1.54. The SMILES string of the molecule is C[C@@H]1c2ccsc2CCN1C(=O)[C@H]1COc2ccc(Cl)cc2C1. The van der Waals surface area contributed by atoms with Gasteiger partial charge in [-0.1, -0.05) is 11.6 Å². The van der Waals surface area contributed by atoms with Crippen LogP contribution in [0.5, 0.6) is 5.75 Å². The van der Waals surface area contributed by atoms with E-state index in [0.29, 0.717) is 18.1 Å². The summed E-state index contributed by atoms with van der Waals surface area (Å²) >= 11 is 7.86. The van der Waals surface area contributed by atoms with E-state index in [0.717, 1.165) is 24.3 Å². The third kappa shape index (κ3) is 2.64. The van der Waals surface area contributed by atoms with E-state index in [1.54, 1.807) is 11.3 Å². The highest BCUT2D eigenvalue weighted by Crippen LogP contribution is 2.36. The molecule has 0 fully saturated rings. The smallest absolute Gasteiger partial charge is 0.229 e. The van der Waals surface area contributed by atoms with E-state index in [-0.39, 0.29) is 17.9 Å². The van der Waals surface area contributed by atoms with Crippen LogP contribution < -0.4 is 4.74 Å². The standard InChI is InChI=1S/C18H18ClNO2S/c1-11-15-5-7-23-17(15)4-6-20(11)18(21)13-8-12-9-14(19)2-3-16(12)22-10-13/h2-3,5,7,9,11,13H,4,6,8,10H2,1H3/t11-,13-/m1/s1. The minimum Gasteiger partial charge on any atom is -0.492 e. The third-order valence-electron chi connectivity index (χ3n) is 4.84. The van der Waals surface area contributed by atoms with Gasteiger partial charge in [0.15, 0.2) is 0 Å². The van der Waals surface area contributed by atoms with Crippen LogP contribution in [-0.2, 0) is 17.6 Å². The fraction of sp³-hybridized carbons (Fsp3) is 0.389. The summed E-state index contributed by atoms with van der Waals surface area (Å²) in [5.74, 6) is 0.925. The summed E-state index contributed by atoms with van der Waals surface area (Å²) in [6.07, 6.45) is 1.66. The van der Waals surface area contributed by atoms with E-state index < -0.39 is 0 Å². The number of amides is 1. The van der Waals surface area contributed by atoms with Crippen molar-refractivity contribution in [3.05, 3.63) is 50.7 Å². The van der Waals surface area contributed by atoms with Crippen LogP contribution in [0.25, 0.3) is 0 Å².